The highest BCUT2D eigenvalue weighted by molar-refractivity contribution is 5.81. The molecular weight excluding hydrogens is 302 g/mol. The summed E-state index contributed by atoms with van der Waals surface area (Å²) in [6.45, 7) is 8.08. The Morgan fingerprint density at radius 2 is 1.71 bits per heavy atom. The molecule has 4 heteroatoms. The number of hydrogen-bond acceptors (Lipinski definition) is 3. The zero-order valence-electron chi connectivity index (χ0n) is 14.7. The fourth-order valence-corrected chi connectivity index (χ4v) is 2.20. The third-order valence-corrected chi connectivity index (χ3v) is 3.58. The number of hydrogen-bond donors (Lipinski definition) is 1. The summed E-state index contributed by atoms with van der Waals surface area (Å²) < 4.78 is 11.4. The molecule has 1 N–H and O–H groups in total. The van der Waals surface area contributed by atoms with E-state index >= 15 is 0 Å². The van der Waals surface area contributed by atoms with Gasteiger partial charge in [0.25, 0.3) is 5.91 Å². The highest BCUT2D eigenvalue weighted by Crippen LogP contribution is 2.14. The monoisotopic (exact) mass is 327 g/mol. The van der Waals surface area contributed by atoms with Gasteiger partial charge in [-0.1, -0.05) is 29.8 Å². The zero-order valence-corrected chi connectivity index (χ0v) is 14.7. The van der Waals surface area contributed by atoms with E-state index in [4.69, 9.17) is 9.47 Å². The molecular formula is C20H25NO3. The zero-order chi connectivity index (χ0) is 17.5. The molecule has 0 saturated carbocycles. The number of rotatable bonds is 7. The maximum atomic E-state index is 12.2. The van der Waals surface area contributed by atoms with Crippen LogP contribution in [0.25, 0.3) is 0 Å². The molecule has 2 aromatic rings. The van der Waals surface area contributed by atoms with Gasteiger partial charge in [-0.05, 0) is 57.5 Å². The molecule has 0 aliphatic rings. The van der Waals surface area contributed by atoms with Gasteiger partial charge < -0.3 is 14.8 Å². The van der Waals surface area contributed by atoms with Gasteiger partial charge in [-0.3, -0.25) is 4.79 Å². The molecule has 1 amide bonds. The summed E-state index contributed by atoms with van der Waals surface area (Å²) in [5, 5.41) is 2.91. The van der Waals surface area contributed by atoms with Crippen molar-refractivity contribution in [1.82, 2.24) is 5.32 Å². The van der Waals surface area contributed by atoms with Gasteiger partial charge in [0.2, 0.25) is 0 Å². The molecule has 4 nitrogen and oxygen atoms in total. The van der Waals surface area contributed by atoms with Gasteiger partial charge in [0.1, 0.15) is 18.1 Å². The second kappa shape index (κ2) is 8.39. The molecule has 0 aliphatic carbocycles. The Bertz CT molecular complexity index is 667. The van der Waals surface area contributed by atoms with Gasteiger partial charge >= 0.3 is 0 Å². The molecule has 2 aromatic carbocycles. The van der Waals surface area contributed by atoms with Crippen molar-refractivity contribution in [2.24, 2.45) is 0 Å². The highest BCUT2D eigenvalue weighted by Gasteiger charge is 2.17. The van der Waals surface area contributed by atoms with Crippen molar-refractivity contribution in [2.75, 3.05) is 6.61 Å². The summed E-state index contributed by atoms with van der Waals surface area (Å²) in [6.07, 6.45) is -0.561. The Morgan fingerprint density at radius 3 is 2.38 bits per heavy atom. The van der Waals surface area contributed by atoms with Gasteiger partial charge in [-0.2, -0.15) is 0 Å². The van der Waals surface area contributed by atoms with Gasteiger partial charge in [0.15, 0.2) is 6.10 Å². The van der Waals surface area contributed by atoms with Crippen LogP contribution in [0.5, 0.6) is 11.5 Å². The number of benzene rings is 2. The standard InChI is InChI=1S/C20H25NO3/c1-14-8-10-18(11-9-14)23-13-16(3)21-20(22)17(4)24-19-7-5-6-15(2)12-19/h5-12,16-17H,13H2,1-4H3,(H,21,22)/t16-,17-/m1/s1. The first-order valence-corrected chi connectivity index (χ1v) is 8.17. The van der Waals surface area contributed by atoms with E-state index < -0.39 is 6.10 Å². The SMILES string of the molecule is Cc1ccc(OC[C@@H](C)NC(=O)[C@@H](C)Oc2cccc(C)c2)cc1. The van der Waals surface area contributed by atoms with E-state index in [9.17, 15) is 4.79 Å². The van der Waals surface area contributed by atoms with Crippen LogP contribution in [0, 0.1) is 13.8 Å². The van der Waals surface area contributed by atoms with Crippen molar-refractivity contribution < 1.29 is 14.3 Å². The maximum absolute atomic E-state index is 12.2. The van der Waals surface area contributed by atoms with Crippen LogP contribution < -0.4 is 14.8 Å². The Hall–Kier alpha value is -2.49. The van der Waals surface area contributed by atoms with E-state index in [0.717, 1.165) is 11.3 Å². The van der Waals surface area contributed by atoms with E-state index in [2.05, 4.69) is 5.32 Å². The molecule has 0 fully saturated rings. The first-order valence-electron chi connectivity index (χ1n) is 8.17. The third-order valence-electron chi connectivity index (χ3n) is 3.58. The lowest BCUT2D eigenvalue weighted by Gasteiger charge is -2.19. The highest BCUT2D eigenvalue weighted by atomic mass is 16.5. The van der Waals surface area contributed by atoms with E-state index in [0.29, 0.717) is 12.4 Å². The molecule has 128 valence electrons. The molecule has 0 aromatic heterocycles. The molecule has 2 atom stereocenters. The quantitative estimate of drug-likeness (QED) is 0.844. The van der Waals surface area contributed by atoms with Crippen LogP contribution in [0.4, 0.5) is 0 Å². The number of ether oxygens (including phenoxy) is 2. The predicted molar refractivity (Wildman–Crippen MR) is 95.5 cm³/mol. The Labute approximate surface area is 143 Å². The van der Waals surface area contributed by atoms with Gasteiger partial charge in [0, 0.05) is 0 Å². The largest absolute Gasteiger partial charge is 0.491 e. The van der Waals surface area contributed by atoms with Gasteiger partial charge in [-0.25, -0.2) is 0 Å². The van der Waals surface area contributed by atoms with Crippen LogP contribution in [0.2, 0.25) is 0 Å². The smallest absolute Gasteiger partial charge is 0.261 e. The third kappa shape index (κ3) is 5.61. The first kappa shape index (κ1) is 17.9. The van der Waals surface area contributed by atoms with E-state index in [-0.39, 0.29) is 11.9 Å². The second-order valence-corrected chi connectivity index (χ2v) is 6.11. The normalized spacial score (nSPS) is 13.0. The molecule has 0 heterocycles. The minimum atomic E-state index is -0.561. The van der Waals surface area contributed by atoms with E-state index in [1.807, 2.05) is 69.3 Å². The van der Waals surface area contributed by atoms with Crippen molar-refractivity contribution in [3.63, 3.8) is 0 Å². The van der Waals surface area contributed by atoms with Crippen molar-refractivity contribution in [3.05, 3.63) is 59.7 Å². The summed E-state index contributed by atoms with van der Waals surface area (Å²) in [6, 6.07) is 15.4. The Morgan fingerprint density at radius 1 is 1.00 bits per heavy atom. The van der Waals surface area contributed by atoms with Gasteiger partial charge in [0.05, 0.1) is 6.04 Å². The molecule has 24 heavy (non-hydrogen) atoms. The number of carbonyl (C=O) groups excluding carboxylic acids is 1. The molecule has 0 saturated heterocycles. The fraction of sp³-hybridized carbons (Fsp3) is 0.350. The lowest BCUT2D eigenvalue weighted by molar-refractivity contribution is -0.128. The van der Waals surface area contributed by atoms with Crippen LogP contribution in [0.15, 0.2) is 48.5 Å². The Balaban J connectivity index is 1.78. The lowest BCUT2D eigenvalue weighted by atomic mass is 10.2. The van der Waals surface area contributed by atoms with E-state index in [1.165, 1.54) is 5.56 Å². The van der Waals surface area contributed by atoms with Crippen LogP contribution in [-0.4, -0.2) is 24.7 Å². The number of nitrogens with one attached hydrogen (secondary N) is 1. The van der Waals surface area contributed by atoms with Crippen LogP contribution in [0.3, 0.4) is 0 Å². The minimum Gasteiger partial charge on any atom is -0.491 e. The maximum Gasteiger partial charge on any atom is 0.261 e. The topological polar surface area (TPSA) is 47.6 Å². The number of aryl methyl sites for hydroxylation is 2. The summed E-state index contributed by atoms with van der Waals surface area (Å²) >= 11 is 0. The van der Waals surface area contributed by atoms with Crippen molar-refractivity contribution in [3.8, 4) is 11.5 Å². The van der Waals surface area contributed by atoms with Crippen molar-refractivity contribution in [1.29, 1.82) is 0 Å². The number of carbonyl (C=O) groups is 1. The fourth-order valence-electron chi connectivity index (χ4n) is 2.20. The van der Waals surface area contributed by atoms with Gasteiger partial charge in [-0.15, -0.1) is 0 Å². The first-order chi connectivity index (χ1) is 11.4. The molecule has 0 spiro atoms. The molecule has 2 rings (SSSR count). The van der Waals surface area contributed by atoms with Crippen LogP contribution in [-0.2, 0) is 4.79 Å². The van der Waals surface area contributed by atoms with E-state index in [1.54, 1.807) is 6.92 Å². The number of amides is 1. The lowest BCUT2D eigenvalue weighted by Crippen LogP contribution is -2.43. The van der Waals surface area contributed by atoms with Crippen molar-refractivity contribution >= 4 is 5.91 Å². The molecule has 0 unspecified atom stereocenters. The predicted octanol–water partition coefficient (Wildman–Crippen LogP) is 3.65. The minimum absolute atomic E-state index is 0.109. The summed E-state index contributed by atoms with van der Waals surface area (Å²) in [7, 11) is 0. The molecule has 0 aliphatic heterocycles. The summed E-state index contributed by atoms with van der Waals surface area (Å²) in [5.74, 6) is 1.34. The second-order valence-electron chi connectivity index (χ2n) is 6.11. The van der Waals surface area contributed by atoms with Crippen LogP contribution in [0.1, 0.15) is 25.0 Å². The average Bonchev–Trinajstić information content (AvgIpc) is 2.54. The average molecular weight is 327 g/mol. The molecule has 0 bridgehead atoms. The van der Waals surface area contributed by atoms with Crippen molar-refractivity contribution in [2.45, 2.75) is 39.8 Å². The van der Waals surface area contributed by atoms with Crippen LogP contribution >= 0.6 is 0 Å². The molecule has 0 radical (unpaired) electrons. The summed E-state index contributed by atoms with van der Waals surface area (Å²) in [4.78, 5) is 12.2. The Kier molecular flexibility index (Phi) is 6.24. The summed E-state index contributed by atoms with van der Waals surface area (Å²) in [5.41, 5.74) is 2.28.